The first-order valence-corrected chi connectivity index (χ1v) is 6.56. The lowest BCUT2D eigenvalue weighted by atomic mass is 9.92. The number of aromatic amines is 1. The highest BCUT2D eigenvalue weighted by Crippen LogP contribution is 2.29. The molecule has 0 bridgehead atoms. The van der Waals surface area contributed by atoms with E-state index in [-0.39, 0.29) is 0 Å². The van der Waals surface area contributed by atoms with Gasteiger partial charge in [0.15, 0.2) is 0 Å². The minimum Gasteiger partial charge on any atom is -0.381 e. The highest BCUT2D eigenvalue weighted by atomic mass is 16.5. The molecular formula is C13H23N3O. The van der Waals surface area contributed by atoms with E-state index < -0.39 is 0 Å². The normalized spacial score (nSPS) is 17.9. The molecule has 1 aliphatic heterocycles. The smallest absolute Gasteiger partial charge is 0.0702 e. The first kappa shape index (κ1) is 12.6. The fraction of sp³-hybridized carbons (Fsp3) is 0.769. The molecule has 0 unspecified atom stereocenters. The summed E-state index contributed by atoms with van der Waals surface area (Å²) in [5, 5.41) is 7.69. The number of ether oxygens (including phenoxy) is 1. The van der Waals surface area contributed by atoms with Gasteiger partial charge in [0.1, 0.15) is 0 Å². The summed E-state index contributed by atoms with van der Waals surface area (Å²) in [6.07, 6.45) is 3.17. The Morgan fingerprint density at radius 3 is 2.71 bits per heavy atom. The lowest BCUT2D eigenvalue weighted by molar-refractivity contribution is 0.0843. The van der Waals surface area contributed by atoms with Crippen LogP contribution in [-0.4, -0.2) is 23.4 Å². The van der Waals surface area contributed by atoms with Crippen molar-refractivity contribution >= 4 is 0 Å². The van der Waals surface area contributed by atoms with Gasteiger partial charge in [-0.2, -0.15) is 5.10 Å². The number of nitrogens with zero attached hydrogens (tertiary/aromatic N) is 1. The zero-order chi connectivity index (χ0) is 12.3. The third kappa shape index (κ3) is 2.87. The SMILES string of the molecule is CC(C)Cc1[nH]nc(C2CCOCC2)c1CN. The molecule has 1 fully saturated rings. The van der Waals surface area contributed by atoms with Crippen LogP contribution in [-0.2, 0) is 17.7 Å². The van der Waals surface area contributed by atoms with Crippen molar-refractivity contribution in [1.29, 1.82) is 0 Å². The summed E-state index contributed by atoms with van der Waals surface area (Å²) >= 11 is 0. The summed E-state index contributed by atoms with van der Waals surface area (Å²) in [6.45, 7) is 6.72. The number of nitrogens with one attached hydrogen (secondary N) is 1. The summed E-state index contributed by atoms with van der Waals surface area (Å²) in [4.78, 5) is 0. The van der Waals surface area contributed by atoms with Gasteiger partial charge in [0, 0.05) is 36.9 Å². The Balaban J connectivity index is 2.18. The molecule has 0 aliphatic carbocycles. The van der Waals surface area contributed by atoms with Gasteiger partial charge < -0.3 is 10.5 Å². The molecule has 2 rings (SSSR count). The van der Waals surface area contributed by atoms with Gasteiger partial charge >= 0.3 is 0 Å². The lowest BCUT2D eigenvalue weighted by Crippen LogP contribution is -2.16. The van der Waals surface area contributed by atoms with E-state index in [9.17, 15) is 0 Å². The summed E-state index contributed by atoms with van der Waals surface area (Å²) in [5.41, 5.74) is 9.54. The fourth-order valence-corrected chi connectivity index (χ4v) is 2.53. The molecule has 0 atom stereocenters. The Morgan fingerprint density at radius 2 is 2.12 bits per heavy atom. The topological polar surface area (TPSA) is 63.9 Å². The average Bonchev–Trinajstić information content (AvgIpc) is 2.72. The first-order chi connectivity index (χ1) is 8.22. The first-order valence-electron chi connectivity index (χ1n) is 6.56. The standard InChI is InChI=1S/C13H23N3O/c1-9(2)7-12-11(8-14)13(16-15-12)10-3-5-17-6-4-10/h9-10H,3-8,14H2,1-2H3,(H,15,16). The van der Waals surface area contributed by atoms with Crippen LogP contribution < -0.4 is 5.73 Å². The number of H-pyrrole nitrogens is 1. The van der Waals surface area contributed by atoms with Crippen LogP contribution in [0.1, 0.15) is 49.6 Å². The Bertz CT molecular complexity index is 354. The molecule has 3 N–H and O–H groups in total. The van der Waals surface area contributed by atoms with E-state index in [0.717, 1.165) is 32.5 Å². The molecule has 1 aromatic heterocycles. The second-order valence-electron chi connectivity index (χ2n) is 5.25. The van der Waals surface area contributed by atoms with Crippen LogP contribution in [0.25, 0.3) is 0 Å². The molecule has 1 aliphatic rings. The monoisotopic (exact) mass is 237 g/mol. The molecule has 0 radical (unpaired) electrons. The maximum Gasteiger partial charge on any atom is 0.0702 e. The van der Waals surface area contributed by atoms with E-state index in [4.69, 9.17) is 10.5 Å². The second-order valence-corrected chi connectivity index (χ2v) is 5.25. The third-order valence-corrected chi connectivity index (χ3v) is 3.41. The second kappa shape index (κ2) is 5.65. The van der Waals surface area contributed by atoms with Crippen molar-refractivity contribution in [2.75, 3.05) is 13.2 Å². The van der Waals surface area contributed by atoms with Gasteiger partial charge in [-0.1, -0.05) is 13.8 Å². The van der Waals surface area contributed by atoms with E-state index in [1.165, 1.54) is 17.0 Å². The predicted octanol–water partition coefficient (Wildman–Crippen LogP) is 1.96. The van der Waals surface area contributed by atoms with E-state index in [0.29, 0.717) is 18.4 Å². The molecule has 17 heavy (non-hydrogen) atoms. The molecule has 0 spiro atoms. The summed E-state index contributed by atoms with van der Waals surface area (Å²) in [5.74, 6) is 1.16. The van der Waals surface area contributed by atoms with Crippen LogP contribution in [0.2, 0.25) is 0 Å². The highest BCUT2D eigenvalue weighted by molar-refractivity contribution is 5.28. The van der Waals surface area contributed by atoms with E-state index in [1.807, 2.05) is 0 Å². The zero-order valence-electron chi connectivity index (χ0n) is 10.8. The van der Waals surface area contributed by atoms with Gasteiger partial charge in [-0.05, 0) is 25.2 Å². The molecule has 4 nitrogen and oxygen atoms in total. The Hall–Kier alpha value is -0.870. The molecule has 0 amide bonds. The zero-order valence-corrected chi connectivity index (χ0v) is 10.8. The van der Waals surface area contributed by atoms with E-state index in [1.54, 1.807) is 0 Å². The fourth-order valence-electron chi connectivity index (χ4n) is 2.53. The van der Waals surface area contributed by atoms with Gasteiger partial charge in [0.25, 0.3) is 0 Å². The van der Waals surface area contributed by atoms with Gasteiger partial charge in [0.05, 0.1) is 5.69 Å². The minimum absolute atomic E-state index is 0.527. The van der Waals surface area contributed by atoms with Crippen LogP contribution in [0.4, 0.5) is 0 Å². The number of rotatable bonds is 4. The average molecular weight is 237 g/mol. The highest BCUT2D eigenvalue weighted by Gasteiger charge is 2.23. The Morgan fingerprint density at radius 1 is 1.41 bits per heavy atom. The number of hydrogen-bond acceptors (Lipinski definition) is 3. The molecule has 1 aromatic rings. The van der Waals surface area contributed by atoms with Crippen molar-refractivity contribution in [2.24, 2.45) is 11.7 Å². The Labute approximate surface area is 103 Å². The molecule has 2 heterocycles. The molecule has 4 heteroatoms. The van der Waals surface area contributed by atoms with Gasteiger partial charge in [-0.15, -0.1) is 0 Å². The maximum atomic E-state index is 5.89. The molecular weight excluding hydrogens is 214 g/mol. The van der Waals surface area contributed by atoms with Crippen molar-refractivity contribution in [3.05, 3.63) is 17.0 Å². The van der Waals surface area contributed by atoms with Crippen LogP contribution >= 0.6 is 0 Å². The van der Waals surface area contributed by atoms with Gasteiger partial charge in [-0.25, -0.2) is 0 Å². The third-order valence-electron chi connectivity index (χ3n) is 3.41. The van der Waals surface area contributed by atoms with Crippen LogP contribution in [0, 0.1) is 5.92 Å². The predicted molar refractivity (Wildman–Crippen MR) is 67.8 cm³/mol. The summed E-state index contributed by atoms with van der Waals surface area (Å²) < 4.78 is 5.40. The van der Waals surface area contributed by atoms with Crippen molar-refractivity contribution in [3.8, 4) is 0 Å². The van der Waals surface area contributed by atoms with E-state index >= 15 is 0 Å². The van der Waals surface area contributed by atoms with Crippen molar-refractivity contribution < 1.29 is 4.74 Å². The summed E-state index contributed by atoms with van der Waals surface area (Å²) in [6, 6.07) is 0. The summed E-state index contributed by atoms with van der Waals surface area (Å²) in [7, 11) is 0. The van der Waals surface area contributed by atoms with Crippen molar-refractivity contribution in [2.45, 2.75) is 45.6 Å². The van der Waals surface area contributed by atoms with Crippen LogP contribution in [0.15, 0.2) is 0 Å². The quantitative estimate of drug-likeness (QED) is 0.841. The molecule has 96 valence electrons. The largest absolute Gasteiger partial charge is 0.381 e. The molecule has 0 saturated carbocycles. The Kier molecular flexibility index (Phi) is 4.18. The van der Waals surface area contributed by atoms with Gasteiger partial charge in [-0.3, -0.25) is 5.10 Å². The van der Waals surface area contributed by atoms with Crippen molar-refractivity contribution in [1.82, 2.24) is 10.2 Å². The van der Waals surface area contributed by atoms with Crippen LogP contribution in [0.3, 0.4) is 0 Å². The van der Waals surface area contributed by atoms with Crippen LogP contribution in [0.5, 0.6) is 0 Å². The lowest BCUT2D eigenvalue weighted by Gasteiger charge is -2.21. The maximum absolute atomic E-state index is 5.89. The van der Waals surface area contributed by atoms with Gasteiger partial charge in [0.2, 0.25) is 0 Å². The minimum atomic E-state index is 0.527. The number of nitrogens with two attached hydrogens (primary N) is 1. The van der Waals surface area contributed by atoms with E-state index in [2.05, 4.69) is 24.0 Å². The molecule has 1 saturated heterocycles. The molecule has 0 aromatic carbocycles. The number of hydrogen-bond donors (Lipinski definition) is 2. The van der Waals surface area contributed by atoms with Crippen molar-refractivity contribution in [3.63, 3.8) is 0 Å². The number of aromatic nitrogens is 2.